The molecule has 2 aromatic rings. The maximum absolute atomic E-state index is 12.4. The molecular weight excluding hydrogens is 321 g/mol. The van der Waals surface area contributed by atoms with Crippen molar-refractivity contribution in [2.75, 3.05) is 7.11 Å². The van der Waals surface area contributed by atoms with Crippen molar-refractivity contribution in [3.8, 4) is 5.75 Å². The summed E-state index contributed by atoms with van der Waals surface area (Å²) < 4.78 is 5.14. The van der Waals surface area contributed by atoms with Gasteiger partial charge >= 0.3 is 0 Å². The highest BCUT2D eigenvalue weighted by atomic mass is 35.5. The molecule has 0 aliphatic rings. The van der Waals surface area contributed by atoms with E-state index in [2.05, 4.69) is 5.32 Å². The van der Waals surface area contributed by atoms with E-state index in [1.165, 1.54) is 0 Å². The summed E-state index contributed by atoms with van der Waals surface area (Å²) in [6.07, 6.45) is 0.767. The number of carbonyl (C=O) groups is 1. The molecule has 0 radical (unpaired) electrons. The van der Waals surface area contributed by atoms with Crippen molar-refractivity contribution in [3.05, 3.63) is 63.6 Å². The van der Waals surface area contributed by atoms with Crippen LogP contribution in [-0.4, -0.2) is 13.0 Å². The molecule has 2 aromatic carbocycles. The summed E-state index contributed by atoms with van der Waals surface area (Å²) in [7, 11) is 1.62. The monoisotopic (exact) mass is 337 g/mol. The van der Waals surface area contributed by atoms with Crippen LogP contribution in [0.5, 0.6) is 5.75 Å². The molecule has 0 heterocycles. The van der Waals surface area contributed by atoms with E-state index in [1.54, 1.807) is 25.3 Å². The van der Waals surface area contributed by atoms with E-state index < -0.39 is 0 Å². The van der Waals surface area contributed by atoms with Crippen LogP contribution in [0.2, 0.25) is 10.0 Å². The predicted octanol–water partition coefficient (Wildman–Crippen LogP) is 4.88. The lowest BCUT2D eigenvalue weighted by Crippen LogP contribution is -2.28. The summed E-state index contributed by atoms with van der Waals surface area (Å²) in [6, 6.07) is 12.4. The third-order valence-electron chi connectivity index (χ3n) is 3.41. The summed E-state index contributed by atoms with van der Waals surface area (Å²) in [6.45, 7) is 2.01. The summed E-state index contributed by atoms with van der Waals surface area (Å²) in [5, 5.41) is 3.84. The lowest BCUT2D eigenvalue weighted by Gasteiger charge is -2.18. The summed E-state index contributed by atoms with van der Waals surface area (Å²) >= 11 is 11.9. The Morgan fingerprint density at radius 1 is 1.18 bits per heavy atom. The summed E-state index contributed by atoms with van der Waals surface area (Å²) in [4.78, 5) is 12.4. The zero-order chi connectivity index (χ0) is 16.1. The van der Waals surface area contributed by atoms with E-state index in [9.17, 15) is 4.79 Å². The first-order valence-corrected chi connectivity index (χ1v) is 7.70. The number of rotatable bonds is 5. The van der Waals surface area contributed by atoms with Gasteiger partial charge in [0.25, 0.3) is 5.91 Å². The van der Waals surface area contributed by atoms with E-state index in [0.717, 1.165) is 17.7 Å². The van der Waals surface area contributed by atoms with Crippen LogP contribution >= 0.6 is 23.2 Å². The van der Waals surface area contributed by atoms with Crippen molar-refractivity contribution in [3.63, 3.8) is 0 Å². The van der Waals surface area contributed by atoms with E-state index in [4.69, 9.17) is 27.9 Å². The fourth-order valence-corrected chi connectivity index (χ4v) is 2.66. The second kappa shape index (κ2) is 7.52. The predicted molar refractivity (Wildman–Crippen MR) is 90.0 cm³/mol. The molecule has 5 heteroatoms. The number of nitrogens with one attached hydrogen (secondary N) is 1. The number of ether oxygens (including phenoxy) is 1. The van der Waals surface area contributed by atoms with Gasteiger partial charge in [-0.1, -0.05) is 42.3 Å². The minimum absolute atomic E-state index is 0.0925. The van der Waals surface area contributed by atoms with Crippen LogP contribution in [-0.2, 0) is 0 Å². The topological polar surface area (TPSA) is 38.3 Å². The first-order chi connectivity index (χ1) is 10.5. The normalized spacial score (nSPS) is 11.8. The molecule has 1 N–H and O–H groups in total. The van der Waals surface area contributed by atoms with Crippen LogP contribution in [0.25, 0.3) is 0 Å². The standard InChI is InChI=1S/C17H17Cl2NO2/c1-3-16(11-4-7-13(22-2)8-5-11)20-17(21)14-9-6-12(18)10-15(14)19/h4-10,16H,3H2,1-2H3,(H,20,21)/t16-/m0/s1. The van der Waals surface area contributed by atoms with Crippen molar-refractivity contribution in [2.45, 2.75) is 19.4 Å². The molecule has 2 rings (SSSR count). The molecule has 0 spiro atoms. The van der Waals surface area contributed by atoms with E-state index in [1.807, 2.05) is 31.2 Å². The zero-order valence-corrected chi connectivity index (χ0v) is 13.9. The van der Waals surface area contributed by atoms with E-state index in [-0.39, 0.29) is 11.9 Å². The second-order valence-electron chi connectivity index (χ2n) is 4.83. The Labute approximate surface area is 140 Å². The molecule has 0 saturated carbocycles. The number of halogens is 2. The second-order valence-corrected chi connectivity index (χ2v) is 5.68. The van der Waals surface area contributed by atoms with Gasteiger partial charge in [0.1, 0.15) is 5.75 Å². The Bertz CT molecular complexity index is 656. The van der Waals surface area contributed by atoms with Crippen LogP contribution in [0.4, 0.5) is 0 Å². The van der Waals surface area contributed by atoms with Gasteiger partial charge in [-0.15, -0.1) is 0 Å². The highest BCUT2D eigenvalue weighted by molar-refractivity contribution is 6.36. The van der Waals surface area contributed by atoms with Gasteiger partial charge in [-0.05, 0) is 42.3 Å². The van der Waals surface area contributed by atoms with E-state index >= 15 is 0 Å². The Morgan fingerprint density at radius 2 is 1.86 bits per heavy atom. The van der Waals surface area contributed by atoms with Gasteiger partial charge in [-0.3, -0.25) is 4.79 Å². The van der Waals surface area contributed by atoms with Gasteiger partial charge in [-0.25, -0.2) is 0 Å². The van der Waals surface area contributed by atoms with Gasteiger partial charge in [0.15, 0.2) is 0 Å². The van der Waals surface area contributed by atoms with Crippen LogP contribution in [0.15, 0.2) is 42.5 Å². The van der Waals surface area contributed by atoms with Gasteiger partial charge in [0.05, 0.1) is 23.7 Å². The minimum atomic E-state index is -0.218. The molecule has 0 saturated heterocycles. The molecule has 22 heavy (non-hydrogen) atoms. The molecule has 1 amide bonds. The first kappa shape index (κ1) is 16.7. The molecule has 3 nitrogen and oxygen atoms in total. The number of hydrogen-bond acceptors (Lipinski definition) is 2. The Kier molecular flexibility index (Phi) is 5.69. The van der Waals surface area contributed by atoms with Crippen LogP contribution in [0.1, 0.15) is 35.3 Å². The lowest BCUT2D eigenvalue weighted by atomic mass is 10.0. The van der Waals surface area contributed by atoms with Gasteiger partial charge in [0, 0.05) is 5.02 Å². The molecule has 0 unspecified atom stereocenters. The van der Waals surface area contributed by atoms with Crippen molar-refractivity contribution >= 4 is 29.1 Å². The van der Waals surface area contributed by atoms with E-state index in [0.29, 0.717) is 15.6 Å². The molecule has 0 aromatic heterocycles. The van der Waals surface area contributed by atoms with Gasteiger partial charge < -0.3 is 10.1 Å². The fraction of sp³-hybridized carbons (Fsp3) is 0.235. The van der Waals surface area contributed by atoms with Crippen LogP contribution in [0, 0.1) is 0 Å². The third kappa shape index (κ3) is 3.93. The van der Waals surface area contributed by atoms with Crippen molar-refractivity contribution < 1.29 is 9.53 Å². The highest BCUT2D eigenvalue weighted by Crippen LogP contribution is 2.24. The zero-order valence-electron chi connectivity index (χ0n) is 12.4. The first-order valence-electron chi connectivity index (χ1n) is 6.95. The maximum Gasteiger partial charge on any atom is 0.253 e. The fourth-order valence-electron chi connectivity index (χ4n) is 2.17. The lowest BCUT2D eigenvalue weighted by molar-refractivity contribution is 0.0935. The SMILES string of the molecule is CC[C@H](NC(=O)c1ccc(Cl)cc1Cl)c1ccc(OC)cc1. The van der Waals surface area contributed by atoms with Crippen molar-refractivity contribution in [2.24, 2.45) is 0 Å². The smallest absolute Gasteiger partial charge is 0.253 e. The Morgan fingerprint density at radius 3 is 2.41 bits per heavy atom. The van der Waals surface area contributed by atoms with Crippen LogP contribution < -0.4 is 10.1 Å². The quantitative estimate of drug-likeness (QED) is 0.843. The minimum Gasteiger partial charge on any atom is -0.497 e. The summed E-state index contributed by atoms with van der Waals surface area (Å²) in [5.74, 6) is 0.565. The average molecular weight is 338 g/mol. The highest BCUT2D eigenvalue weighted by Gasteiger charge is 2.16. The van der Waals surface area contributed by atoms with Gasteiger partial charge in [0.2, 0.25) is 0 Å². The average Bonchev–Trinajstić information content (AvgIpc) is 2.52. The number of benzene rings is 2. The Hall–Kier alpha value is -1.71. The number of methoxy groups -OCH3 is 1. The van der Waals surface area contributed by atoms with Crippen molar-refractivity contribution in [1.82, 2.24) is 5.32 Å². The molecule has 0 aliphatic heterocycles. The molecule has 0 fully saturated rings. The van der Waals surface area contributed by atoms with Gasteiger partial charge in [-0.2, -0.15) is 0 Å². The molecule has 116 valence electrons. The number of amides is 1. The van der Waals surface area contributed by atoms with Crippen LogP contribution in [0.3, 0.4) is 0 Å². The summed E-state index contributed by atoms with van der Waals surface area (Å²) in [5.41, 5.74) is 1.43. The maximum atomic E-state index is 12.4. The number of hydrogen-bond donors (Lipinski definition) is 1. The third-order valence-corrected chi connectivity index (χ3v) is 3.96. The number of carbonyl (C=O) groups excluding carboxylic acids is 1. The Balaban J connectivity index is 2.16. The molecule has 1 atom stereocenters. The molecular formula is C17H17Cl2NO2. The molecule has 0 aliphatic carbocycles. The molecule has 0 bridgehead atoms. The van der Waals surface area contributed by atoms with Crippen molar-refractivity contribution in [1.29, 1.82) is 0 Å². The largest absolute Gasteiger partial charge is 0.497 e.